The summed E-state index contributed by atoms with van der Waals surface area (Å²) < 4.78 is 0. The molecule has 0 amide bonds. The molecule has 0 bridgehead atoms. The summed E-state index contributed by atoms with van der Waals surface area (Å²) in [6, 6.07) is 7.76. The highest BCUT2D eigenvalue weighted by atomic mass is 16.1. The normalized spacial score (nSPS) is 15.4. The number of carbonyl (C=O) groups is 1. The molecule has 1 rings (SSSR count). The molecule has 2 unspecified atom stereocenters. The number of hydrogen-bond acceptors (Lipinski definition) is 2. The second-order valence-corrected chi connectivity index (χ2v) is 5.84. The van der Waals surface area contributed by atoms with Gasteiger partial charge in [0.2, 0.25) is 0 Å². The largest absolute Gasteiger partial charge is 0.327 e. The number of Topliss-reactive ketones (excluding diaryl/α,β-unsaturated/α-hetero) is 1. The molecular formula is C15H23NO. The molecule has 0 saturated carbocycles. The highest BCUT2D eigenvalue weighted by molar-refractivity contribution is 5.98. The van der Waals surface area contributed by atoms with Crippen LogP contribution in [-0.4, -0.2) is 11.8 Å². The maximum absolute atomic E-state index is 12.1. The first-order valence-corrected chi connectivity index (χ1v) is 6.14. The van der Waals surface area contributed by atoms with Gasteiger partial charge in [0, 0.05) is 17.5 Å². The number of nitrogens with two attached hydrogens (primary N) is 1. The van der Waals surface area contributed by atoms with E-state index in [4.69, 9.17) is 5.73 Å². The Kier molecular flexibility index (Phi) is 4.10. The van der Waals surface area contributed by atoms with Gasteiger partial charge in [-0.05, 0) is 17.9 Å². The van der Waals surface area contributed by atoms with Gasteiger partial charge in [-0.15, -0.1) is 0 Å². The Morgan fingerprint density at radius 3 is 1.94 bits per heavy atom. The van der Waals surface area contributed by atoms with Crippen LogP contribution in [0.1, 0.15) is 50.5 Å². The Bertz CT molecular complexity index is 384. The molecule has 0 fully saturated rings. The molecular weight excluding hydrogens is 210 g/mol. The van der Waals surface area contributed by atoms with E-state index in [0.717, 1.165) is 5.56 Å². The fraction of sp³-hybridized carbons (Fsp3) is 0.533. The predicted octanol–water partition coefficient (Wildman–Crippen LogP) is 3.15. The minimum absolute atomic E-state index is 0.107. The van der Waals surface area contributed by atoms with E-state index < -0.39 is 0 Å². The molecule has 2 heteroatoms. The number of carbonyl (C=O) groups excluding carboxylic acids is 1. The van der Waals surface area contributed by atoms with Crippen LogP contribution in [0.2, 0.25) is 0 Å². The van der Waals surface area contributed by atoms with Gasteiger partial charge in [-0.2, -0.15) is 0 Å². The zero-order valence-corrected chi connectivity index (χ0v) is 11.4. The molecule has 0 heterocycles. The van der Waals surface area contributed by atoms with E-state index >= 15 is 0 Å². The molecule has 0 saturated heterocycles. The smallest absolute Gasteiger partial charge is 0.167 e. The molecule has 0 radical (unpaired) electrons. The maximum Gasteiger partial charge on any atom is 0.167 e. The van der Waals surface area contributed by atoms with E-state index in [-0.39, 0.29) is 23.2 Å². The van der Waals surface area contributed by atoms with Gasteiger partial charge in [-0.1, -0.05) is 52.0 Å². The average molecular weight is 233 g/mol. The zero-order valence-electron chi connectivity index (χ0n) is 11.4. The monoisotopic (exact) mass is 233 g/mol. The Labute approximate surface area is 104 Å². The highest BCUT2D eigenvalue weighted by Gasteiger charge is 2.19. The van der Waals surface area contributed by atoms with Gasteiger partial charge in [0.15, 0.2) is 5.78 Å². The highest BCUT2D eigenvalue weighted by Crippen LogP contribution is 2.23. The van der Waals surface area contributed by atoms with Crippen LogP contribution in [0.4, 0.5) is 0 Å². The van der Waals surface area contributed by atoms with Crippen molar-refractivity contribution in [3.8, 4) is 0 Å². The summed E-state index contributed by atoms with van der Waals surface area (Å²) in [5.41, 5.74) is 7.86. The van der Waals surface area contributed by atoms with Gasteiger partial charge in [0.1, 0.15) is 0 Å². The molecule has 0 aromatic heterocycles. The van der Waals surface area contributed by atoms with E-state index in [1.807, 2.05) is 38.1 Å². The third-order valence-electron chi connectivity index (χ3n) is 3.24. The summed E-state index contributed by atoms with van der Waals surface area (Å²) >= 11 is 0. The number of hydrogen-bond donors (Lipinski definition) is 1. The molecule has 2 atom stereocenters. The molecule has 0 aliphatic heterocycles. The summed E-state index contributed by atoms with van der Waals surface area (Å²) in [5, 5.41) is 0. The Morgan fingerprint density at radius 2 is 1.59 bits per heavy atom. The number of ketones is 1. The van der Waals surface area contributed by atoms with Crippen LogP contribution in [0.25, 0.3) is 0 Å². The lowest BCUT2D eigenvalue weighted by atomic mass is 9.85. The van der Waals surface area contributed by atoms with E-state index in [1.54, 1.807) is 0 Å². The fourth-order valence-electron chi connectivity index (χ4n) is 1.64. The van der Waals surface area contributed by atoms with Crippen LogP contribution >= 0.6 is 0 Å². The lowest BCUT2D eigenvalue weighted by Gasteiger charge is -2.20. The summed E-state index contributed by atoms with van der Waals surface area (Å²) in [6.45, 7) is 10.2. The third-order valence-corrected chi connectivity index (χ3v) is 3.24. The maximum atomic E-state index is 12.1. The molecule has 0 aliphatic carbocycles. The average Bonchev–Trinajstić information content (AvgIpc) is 2.26. The molecule has 2 nitrogen and oxygen atoms in total. The minimum atomic E-state index is -0.129. The van der Waals surface area contributed by atoms with Crippen molar-refractivity contribution in [1.82, 2.24) is 0 Å². The van der Waals surface area contributed by atoms with Crippen molar-refractivity contribution in [2.45, 2.75) is 46.1 Å². The quantitative estimate of drug-likeness (QED) is 0.815. The van der Waals surface area contributed by atoms with Crippen molar-refractivity contribution in [2.75, 3.05) is 0 Å². The van der Waals surface area contributed by atoms with E-state index in [9.17, 15) is 4.79 Å². The topological polar surface area (TPSA) is 43.1 Å². The summed E-state index contributed by atoms with van der Waals surface area (Å²) in [7, 11) is 0. The van der Waals surface area contributed by atoms with Crippen LogP contribution < -0.4 is 5.73 Å². The summed E-state index contributed by atoms with van der Waals surface area (Å²) in [5.74, 6) is -0.00375. The molecule has 1 aromatic carbocycles. The van der Waals surface area contributed by atoms with E-state index in [1.165, 1.54) is 5.56 Å². The molecule has 2 N–H and O–H groups in total. The second kappa shape index (κ2) is 5.01. The number of benzene rings is 1. The van der Waals surface area contributed by atoms with Crippen LogP contribution in [0, 0.1) is 5.92 Å². The minimum Gasteiger partial charge on any atom is -0.327 e. The molecule has 17 heavy (non-hydrogen) atoms. The van der Waals surface area contributed by atoms with Gasteiger partial charge in [0.25, 0.3) is 0 Å². The first-order chi connectivity index (χ1) is 7.73. The predicted molar refractivity (Wildman–Crippen MR) is 72.3 cm³/mol. The van der Waals surface area contributed by atoms with Gasteiger partial charge in [-0.3, -0.25) is 4.79 Å². The standard InChI is InChI=1S/C15H23NO/c1-10(11(2)16)14(17)12-6-8-13(9-7-12)15(3,4)5/h6-11H,16H2,1-5H3. The van der Waals surface area contributed by atoms with Crippen molar-refractivity contribution < 1.29 is 4.79 Å². The lowest BCUT2D eigenvalue weighted by molar-refractivity contribution is 0.0917. The van der Waals surface area contributed by atoms with Crippen LogP contribution in [0.5, 0.6) is 0 Å². The molecule has 0 spiro atoms. The van der Waals surface area contributed by atoms with Crippen molar-refractivity contribution in [1.29, 1.82) is 0 Å². The Morgan fingerprint density at radius 1 is 1.12 bits per heavy atom. The van der Waals surface area contributed by atoms with E-state index in [2.05, 4.69) is 20.8 Å². The zero-order chi connectivity index (χ0) is 13.2. The first-order valence-electron chi connectivity index (χ1n) is 6.14. The Hall–Kier alpha value is -1.15. The molecule has 0 aliphatic rings. The summed E-state index contributed by atoms with van der Waals surface area (Å²) in [6.07, 6.45) is 0. The van der Waals surface area contributed by atoms with Crippen molar-refractivity contribution in [2.24, 2.45) is 11.7 Å². The van der Waals surface area contributed by atoms with Gasteiger partial charge in [0.05, 0.1) is 0 Å². The van der Waals surface area contributed by atoms with Crippen molar-refractivity contribution >= 4 is 5.78 Å². The summed E-state index contributed by atoms with van der Waals surface area (Å²) in [4.78, 5) is 12.1. The fourth-order valence-corrected chi connectivity index (χ4v) is 1.64. The van der Waals surface area contributed by atoms with Crippen LogP contribution in [0.15, 0.2) is 24.3 Å². The SMILES string of the molecule is CC(N)C(C)C(=O)c1ccc(C(C)(C)C)cc1. The van der Waals surface area contributed by atoms with Crippen LogP contribution in [0.3, 0.4) is 0 Å². The lowest BCUT2D eigenvalue weighted by Crippen LogP contribution is -2.30. The second-order valence-electron chi connectivity index (χ2n) is 5.84. The molecule has 1 aromatic rings. The van der Waals surface area contributed by atoms with E-state index in [0.29, 0.717) is 0 Å². The van der Waals surface area contributed by atoms with Gasteiger partial charge in [-0.25, -0.2) is 0 Å². The number of rotatable bonds is 3. The molecule has 94 valence electrons. The van der Waals surface area contributed by atoms with Crippen molar-refractivity contribution in [3.63, 3.8) is 0 Å². The van der Waals surface area contributed by atoms with Gasteiger partial charge >= 0.3 is 0 Å². The third kappa shape index (κ3) is 3.40. The first kappa shape index (κ1) is 13.9. The Balaban J connectivity index is 2.92. The van der Waals surface area contributed by atoms with Crippen molar-refractivity contribution in [3.05, 3.63) is 35.4 Å². The van der Waals surface area contributed by atoms with Crippen LogP contribution in [-0.2, 0) is 5.41 Å². The van der Waals surface area contributed by atoms with Gasteiger partial charge < -0.3 is 5.73 Å².